The molecule has 1 aromatic heterocycles. The second-order valence-corrected chi connectivity index (χ2v) is 6.51. The molecule has 6 nitrogen and oxygen atoms in total. The number of benzene rings is 1. The first-order chi connectivity index (χ1) is 13.0. The van der Waals surface area contributed by atoms with Gasteiger partial charge >= 0.3 is 0 Å². The van der Waals surface area contributed by atoms with Gasteiger partial charge in [-0.2, -0.15) is 4.98 Å². The van der Waals surface area contributed by atoms with Gasteiger partial charge in [0.05, 0.1) is 6.42 Å². The van der Waals surface area contributed by atoms with E-state index in [2.05, 4.69) is 15.3 Å². The lowest BCUT2D eigenvalue weighted by molar-refractivity contribution is -0.130. The Kier molecular flexibility index (Phi) is 5.83. The van der Waals surface area contributed by atoms with Gasteiger partial charge in [-0.25, -0.2) is 13.8 Å². The third kappa shape index (κ3) is 4.69. The topological polar surface area (TPSA) is 61.4 Å². The molecule has 0 aliphatic carbocycles. The molecule has 0 saturated carbocycles. The minimum Gasteiger partial charge on any atom is -0.370 e. The van der Waals surface area contributed by atoms with E-state index in [1.54, 1.807) is 4.90 Å². The van der Waals surface area contributed by atoms with E-state index in [0.717, 1.165) is 24.1 Å². The van der Waals surface area contributed by atoms with Gasteiger partial charge in [0.25, 0.3) is 0 Å². The van der Waals surface area contributed by atoms with E-state index in [0.29, 0.717) is 32.1 Å². The minimum absolute atomic E-state index is 0.0718. The average Bonchev–Trinajstić information content (AvgIpc) is 2.64. The van der Waals surface area contributed by atoms with E-state index in [9.17, 15) is 13.6 Å². The summed E-state index contributed by atoms with van der Waals surface area (Å²) in [7, 11) is 0. The molecular weight excluding hydrogens is 352 g/mol. The standard InChI is InChI=1S/C19H23F2N5O/c1-3-22-17-10-13(2)23-19(24-17)26-8-6-25(7-9-26)18(27)11-14-4-5-15(20)12-16(14)21/h4-5,10,12H,3,6-9,11H2,1-2H3,(H,22,23,24). The van der Waals surface area contributed by atoms with Crippen LogP contribution < -0.4 is 10.2 Å². The molecule has 1 N–H and O–H groups in total. The Morgan fingerprint density at radius 3 is 2.56 bits per heavy atom. The Balaban J connectivity index is 1.60. The number of hydrogen-bond donors (Lipinski definition) is 1. The predicted molar refractivity (Wildman–Crippen MR) is 99.8 cm³/mol. The lowest BCUT2D eigenvalue weighted by Crippen LogP contribution is -2.49. The molecule has 0 unspecified atom stereocenters. The number of amides is 1. The van der Waals surface area contributed by atoms with Crippen LogP contribution in [0.3, 0.4) is 0 Å². The summed E-state index contributed by atoms with van der Waals surface area (Å²) in [4.78, 5) is 25.2. The average molecular weight is 375 g/mol. The smallest absolute Gasteiger partial charge is 0.227 e. The van der Waals surface area contributed by atoms with Crippen molar-refractivity contribution in [2.24, 2.45) is 0 Å². The first-order valence-electron chi connectivity index (χ1n) is 9.02. The fourth-order valence-electron chi connectivity index (χ4n) is 3.06. The van der Waals surface area contributed by atoms with Crippen LogP contribution in [0.15, 0.2) is 24.3 Å². The third-order valence-corrected chi connectivity index (χ3v) is 4.47. The Hall–Kier alpha value is -2.77. The normalized spacial score (nSPS) is 14.4. The maximum Gasteiger partial charge on any atom is 0.227 e. The highest BCUT2D eigenvalue weighted by Gasteiger charge is 2.23. The molecule has 0 bridgehead atoms. The van der Waals surface area contributed by atoms with Crippen molar-refractivity contribution in [1.29, 1.82) is 0 Å². The number of rotatable bonds is 5. The van der Waals surface area contributed by atoms with E-state index in [1.807, 2.05) is 24.8 Å². The zero-order valence-electron chi connectivity index (χ0n) is 15.5. The van der Waals surface area contributed by atoms with Gasteiger partial charge in [-0.1, -0.05) is 6.07 Å². The second-order valence-electron chi connectivity index (χ2n) is 6.51. The molecule has 1 fully saturated rings. The first-order valence-corrected chi connectivity index (χ1v) is 9.02. The number of hydrogen-bond acceptors (Lipinski definition) is 5. The first kappa shape index (κ1) is 19.0. The van der Waals surface area contributed by atoms with E-state index >= 15 is 0 Å². The summed E-state index contributed by atoms with van der Waals surface area (Å²) >= 11 is 0. The van der Waals surface area contributed by atoms with E-state index in [-0.39, 0.29) is 17.9 Å². The quantitative estimate of drug-likeness (QED) is 0.870. The van der Waals surface area contributed by atoms with Gasteiger partial charge in [0.1, 0.15) is 17.5 Å². The summed E-state index contributed by atoms with van der Waals surface area (Å²) in [5.41, 5.74) is 1.09. The van der Waals surface area contributed by atoms with Crippen LogP contribution in [-0.2, 0) is 11.2 Å². The zero-order chi connectivity index (χ0) is 19.4. The molecule has 1 aliphatic heterocycles. The van der Waals surface area contributed by atoms with Crippen LogP contribution in [0.2, 0.25) is 0 Å². The van der Waals surface area contributed by atoms with E-state index in [4.69, 9.17) is 0 Å². The highest BCUT2D eigenvalue weighted by Crippen LogP contribution is 2.17. The third-order valence-electron chi connectivity index (χ3n) is 4.47. The van der Waals surface area contributed by atoms with Gasteiger partial charge in [-0.3, -0.25) is 4.79 Å². The molecule has 1 amide bonds. The summed E-state index contributed by atoms with van der Waals surface area (Å²) < 4.78 is 26.8. The van der Waals surface area contributed by atoms with Gasteiger partial charge in [-0.15, -0.1) is 0 Å². The van der Waals surface area contributed by atoms with Crippen molar-refractivity contribution in [3.63, 3.8) is 0 Å². The van der Waals surface area contributed by atoms with Crippen LogP contribution in [0.5, 0.6) is 0 Å². The van der Waals surface area contributed by atoms with Gasteiger partial charge in [0, 0.05) is 50.6 Å². The molecule has 0 atom stereocenters. The van der Waals surface area contributed by atoms with E-state index in [1.165, 1.54) is 12.1 Å². The maximum atomic E-state index is 13.8. The summed E-state index contributed by atoms with van der Waals surface area (Å²) in [5.74, 6) is -0.0786. The zero-order valence-corrected chi connectivity index (χ0v) is 15.5. The molecule has 1 aliphatic rings. The summed E-state index contributed by atoms with van der Waals surface area (Å²) in [6, 6.07) is 5.18. The molecule has 8 heteroatoms. The van der Waals surface area contributed by atoms with Crippen molar-refractivity contribution in [1.82, 2.24) is 14.9 Å². The fourth-order valence-corrected chi connectivity index (χ4v) is 3.06. The second kappa shape index (κ2) is 8.28. The van der Waals surface area contributed by atoms with Crippen molar-refractivity contribution in [3.05, 3.63) is 47.2 Å². The van der Waals surface area contributed by atoms with Crippen LogP contribution in [0.4, 0.5) is 20.5 Å². The van der Waals surface area contributed by atoms with Crippen molar-refractivity contribution >= 4 is 17.7 Å². The van der Waals surface area contributed by atoms with Crippen molar-refractivity contribution in [2.45, 2.75) is 20.3 Å². The highest BCUT2D eigenvalue weighted by atomic mass is 19.1. The SMILES string of the molecule is CCNc1cc(C)nc(N2CCN(C(=O)Cc3ccc(F)cc3F)CC2)n1. The summed E-state index contributed by atoms with van der Waals surface area (Å²) in [5, 5.41) is 3.19. The van der Waals surface area contributed by atoms with Crippen LogP contribution in [0.25, 0.3) is 0 Å². The number of aromatic nitrogens is 2. The number of anilines is 2. The molecule has 1 saturated heterocycles. The molecule has 0 radical (unpaired) electrons. The molecule has 144 valence electrons. The number of halogens is 2. The van der Waals surface area contributed by atoms with Crippen LogP contribution in [0.1, 0.15) is 18.2 Å². The minimum atomic E-state index is -0.689. The van der Waals surface area contributed by atoms with Crippen LogP contribution >= 0.6 is 0 Å². The molecule has 2 heterocycles. The monoisotopic (exact) mass is 375 g/mol. The lowest BCUT2D eigenvalue weighted by Gasteiger charge is -2.35. The Labute approximate surface area is 157 Å². The van der Waals surface area contributed by atoms with Gasteiger partial charge in [0.15, 0.2) is 0 Å². The van der Waals surface area contributed by atoms with Crippen molar-refractivity contribution in [2.75, 3.05) is 42.9 Å². The Bertz CT molecular complexity index is 822. The number of aryl methyl sites for hydroxylation is 1. The summed E-state index contributed by atoms with van der Waals surface area (Å²) in [6.45, 7) is 6.93. The number of nitrogens with zero attached hydrogens (tertiary/aromatic N) is 4. The molecular formula is C19H23F2N5O. The highest BCUT2D eigenvalue weighted by molar-refractivity contribution is 5.79. The molecule has 0 spiro atoms. The number of piperazine rings is 1. The molecule has 2 aromatic rings. The predicted octanol–water partition coefficient (Wildman–Crippen LogP) is 2.39. The van der Waals surface area contributed by atoms with Gasteiger partial charge in [-0.05, 0) is 25.5 Å². The van der Waals surface area contributed by atoms with Crippen molar-refractivity contribution < 1.29 is 13.6 Å². The maximum absolute atomic E-state index is 13.8. The van der Waals surface area contributed by atoms with E-state index < -0.39 is 11.6 Å². The number of carbonyl (C=O) groups excluding carboxylic acids is 1. The molecule has 1 aromatic carbocycles. The lowest BCUT2D eigenvalue weighted by atomic mass is 10.1. The molecule has 3 rings (SSSR count). The van der Waals surface area contributed by atoms with Crippen LogP contribution in [0, 0.1) is 18.6 Å². The fraction of sp³-hybridized carbons (Fsp3) is 0.421. The summed E-state index contributed by atoms with van der Waals surface area (Å²) in [6.07, 6.45) is -0.0718. The van der Waals surface area contributed by atoms with Crippen LogP contribution in [-0.4, -0.2) is 53.5 Å². The van der Waals surface area contributed by atoms with Crippen molar-refractivity contribution in [3.8, 4) is 0 Å². The van der Waals surface area contributed by atoms with Gasteiger partial charge < -0.3 is 15.1 Å². The largest absolute Gasteiger partial charge is 0.370 e. The number of carbonyl (C=O) groups is 1. The number of nitrogens with one attached hydrogen (secondary N) is 1. The molecule has 27 heavy (non-hydrogen) atoms. The Morgan fingerprint density at radius 1 is 1.15 bits per heavy atom. The van der Waals surface area contributed by atoms with Gasteiger partial charge in [0.2, 0.25) is 11.9 Å². The Morgan fingerprint density at radius 2 is 1.89 bits per heavy atom.